The predicted molar refractivity (Wildman–Crippen MR) is 164 cm³/mol. The summed E-state index contributed by atoms with van der Waals surface area (Å²) in [7, 11) is 0. The number of rotatable bonds is 29. The molecule has 0 aliphatic carbocycles. The van der Waals surface area contributed by atoms with Gasteiger partial charge in [-0.1, -0.05) is 150 Å². The molecule has 1 N–H and O–H groups in total. The van der Waals surface area contributed by atoms with E-state index in [1.807, 2.05) is 0 Å². The maximum atomic E-state index is 12.1. The van der Waals surface area contributed by atoms with E-state index in [0.717, 1.165) is 50.4 Å². The van der Waals surface area contributed by atoms with Gasteiger partial charge in [-0.25, -0.2) is 0 Å². The molecule has 232 valence electrons. The number of unbranched alkanes of at least 4 members (excludes halogenated alkanes) is 17. The Hall–Kier alpha value is -1.10. The Morgan fingerprint density at radius 2 is 0.846 bits per heavy atom. The molecule has 0 saturated heterocycles. The summed E-state index contributed by atoms with van der Waals surface area (Å²) in [6, 6.07) is 0. The fourth-order valence-electron chi connectivity index (χ4n) is 4.92. The van der Waals surface area contributed by atoms with E-state index in [1.165, 1.54) is 96.3 Å². The summed E-state index contributed by atoms with van der Waals surface area (Å²) in [4.78, 5) is 24.1. The monoisotopic (exact) mass is 554 g/mol. The van der Waals surface area contributed by atoms with E-state index in [0.29, 0.717) is 12.8 Å². The zero-order chi connectivity index (χ0) is 29.0. The fraction of sp³-hybridized carbons (Fsp3) is 0.941. The topological polar surface area (TPSA) is 72.8 Å². The second-order valence-electron chi connectivity index (χ2n) is 12.6. The van der Waals surface area contributed by atoms with Crippen molar-refractivity contribution in [2.75, 3.05) is 13.2 Å². The molecule has 0 saturated carbocycles. The Morgan fingerprint density at radius 3 is 1.21 bits per heavy atom. The third kappa shape index (κ3) is 29.7. The molecule has 0 unspecified atom stereocenters. The molecule has 5 heteroatoms. The Labute approximate surface area is 242 Å². The van der Waals surface area contributed by atoms with Crippen molar-refractivity contribution in [3.63, 3.8) is 0 Å². The van der Waals surface area contributed by atoms with Crippen LogP contribution in [0.25, 0.3) is 0 Å². The molecule has 0 rings (SSSR count). The number of carbonyl (C=O) groups is 2. The maximum absolute atomic E-state index is 12.1. The van der Waals surface area contributed by atoms with E-state index in [2.05, 4.69) is 27.7 Å². The molecular formula is C34H66O5. The molecule has 0 spiro atoms. The van der Waals surface area contributed by atoms with Crippen LogP contribution in [0.4, 0.5) is 0 Å². The van der Waals surface area contributed by atoms with Crippen LogP contribution in [0.15, 0.2) is 0 Å². The van der Waals surface area contributed by atoms with E-state index in [4.69, 9.17) is 9.47 Å². The normalized spacial score (nSPS) is 12.3. The highest BCUT2D eigenvalue weighted by Gasteiger charge is 2.16. The minimum atomic E-state index is -0.762. The van der Waals surface area contributed by atoms with Crippen LogP contribution in [0.5, 0.6) is 0 Å². The van der Waals surface area contributed by atoms with Gasteiger partial charge in [-0.3, -0.25) is 9.59 Å². The number of aliphatic hydroxyl groups excluding tert-OH is 1. The maximum Gasteiger partial charge on any atom is 0.306 e. The Balaban J connectivity index is 3.56. The summed E-state index contributed by atoms with van der Waals surface area (Å²) in [6.07, 6.45) is 25.9. The summed E-state index contributed by atoms with van der Waals surface area (Å²) in [6.45, 7) is 8.78. The number of carbonyl (C=O) groups excluding carboxylic acids is 2. The van der Waals surface area contributed by atoms with Crippen molar-refractivity contribution in [1.82, 2.24) is 0 Å². The zero-order valence-corrected chi connectivity index (χ0v) is 26.5. The summed E-state index contributed by atoms with van der Waals surface area (Å²) in [5, 5.41) is 9.49. The third-order valence-electron chi connectivity index (χ3n) is 7.51. The van der Waals surface area contributed by atoms with Crippen LogP contribution in [0.3, 0.4) is 0 Å². The van der Waals surface area contributed by atoms with Gasteiger partial charge in [0, 0.05) is 12.8 Å². The van der Waals surface area contributed by atoms with Crippen molar-refractivity contribution >= 4 is 11.9 Å². The van der Waals surface area contributed by atoms with Gasteiger partial charge in [0.25, 0.3) is 0 Å². The molecular weight excluding hydrogens is 488 g/mol. The van der Waals surface area contributed by atoms with E-state index in [9.17, 15) is 14.7 Å². The van der Waals surface area contributed by atoms with Gasteiger partial charge in [0.05, 0.1) is 6.61 Å². The Bertz CT molecular complexity index is 546. The van der Waals surface area contributed by atoms with Crippen LogP contribution in [0, 0.1) is 11.8 Å². The average molecular weight is 555 g/mol. The summed E-state index contributed by atoms with van der Waals surface area (Å²) in [5.74, 6) is 1.06. The van der Waals surface area contributed by atoms with Crippen LogP contribution in [0.1, 0.15) is 175 Å². The van der Waals surface area contributed by atoms with E-state index >= 15 is 0 Å². The molecule has 0 aliphatic rings. The van der Waals surface area contributed by atoms with E-state index in [1.54, 1.807) is 0 Å². The minimum absolute atomic E-state index is 0.0601. The van der Waals surface area contributed by atoms with Crippen LogP contribution in [-0.4, -0.2) is 36.4 Å². The van der Waals surface area contributed by atoms with Gasteiger partial charge in [-0.05, 0) is 24.7 Å². The van der Waals surface area contributed by atoms with Crippen molar-refractivity contribution in [1.29, 1.82) is 0 Å². The molecule has 5 nitrogen and oxygen atoms in total. The fourth-order valence-corrected chi connectivity index (χ4v) is 4.92. The Kier molecular flexibility index (Phi) is 27.6. The quantitative estimate of drug-likeness (QED) is 0.0736. The minimum Gasteiger partial charge on any atom is -0.462 e. The van der Waals surface area contributed by atoms with Crippen LogP contribution < -0.4 is 0 Å². The number of ether oxygens (including phenoxy) is 2. The first kappa shape index (κ1) is 37.9. The smallest absolute Gasteiger partial charge is 0.306 e. The summed E-state index contributed by atoms with van der Waals surface area (Å²) < 4.78 is 10.5. The number of aliphatic hydroxyl groups is 1. The summed E-state index contributed by atoms with van der Waals surface area (Å²) in [5.41, 5.74) is 0. The lowest BCUT2D eigenvalue weighted by Gasteiger charge is -2.15. The van der Waals surface area contributed by atoms with Gasteiger partial charge in [-0.2, -0.15) is 0 Å². The van der Waals surface area contributed by atoms with Gasteiger partial charge in [0.1, 0.15) is 6.61 Å². The molecule has 0 aromatic rings. The molecule has 39 heavy (non-hydrogen) atoms. The van der Waals surface area contributed by atoms with Crippen molar-refractivity contribution in [3.8, 4) is 0 Å². The van der Waals surface area contributed by atoms with Gasteiger partial charge < -0.3 is 14.6 Å². The number of hydrogen-bond acceptors (Lipinski definition) is 5. The average Bonchev–Trinajstić information content (AvgIpc) is 2.89. The first-order valence-corrected chi connectivity index (χ1v) is 16.8. The van der Waals surface area contributed by atoms with Gasteiger partial charge in [0.15, 0.2) is 6.10 Å². The second-order valence-corrected chi connectivity index (χ2v) is 12.6. The third-order valence-corrected chi connectivity index (χ3v) is 7.51. The highest BCUT2D eigenvalue weighted by Crippen LogP contribution is 2.15. The van der Waals surface area contributed by atoms with Crippen molar-refractivity contribution in [3.05, 3.63) is 0 Å². The SMILES string of the molecule is CC(C)CCCCCCCCCCCCC(=O)OC[C@H](CO)OC(=O)CCCCCCCCCCCC(C)C. The molecule has 1 atom stereocenters. The van der Waals surface area contributed by atoms with Crippen molar-refractivity contribution < 1.29 is 24.2 Å². The molecule has 0 amide bonds. The lowest BCUT2D eigenvalue weighted by Crippen LogP contribution is -2.28. The molecule has 0 radical (unpaired) electrons. The van der Waals surface area contributed by atoms with Gasteiger partial charge in [-0.15, -0.1) is 0 Å². The molecule has 0 fully saturated rings. The van der Waals surface area contributed by atoms with Crippen molar-refractivity contribution in [2.45, 2.75) is 181 Å². The standard InChI is InChI=1S/C34H66O5/c1-30(2)24-20-16-12-8-5-6-10-14-18-22-26-33(36)38-29-32(28-35)39-34(37)27-23-19-15-11-7-9-13-17-21-25-31(3)4/h30-32,35H,5-29H2,1-4H3/t32-/m0/s1. The van der Waals surface area contributed by atoms with Gasteiger partial charge >= 0.3 is 11.9 Å². The van der Waals surface area contributed by atoms with Crippen LogP contribution >= 0.6 is 0 Å². The lowest BCUT2D eigenvalue weighted by molar-refractivity contribution is -0.161. The van der Waals surface area contributed by atoms with E-state index < -0.39 is 6.10 Å². The van der Waals surface area contributed by atoms with Gasteiger partial charge in [0.2, 0.25) is 0 Å². The Morgan fingerprint density at radius 1 is 0.513 bits per heavy atom. The zero-order valence-electron chi connectivity index (χ0n) is 26.5. The lowest BCUT2D eigenvalue weighted by atomic mass is 10.0. The van der Waals surface area contributed by atoms with Crippen molar-refractivity contribution in [2.24, 2.45) is 11.8 Å². The van der Waals surface area contributed by atoms with Crippen LogP contribution in [0.2, 0.25) is 0 Å². The number of esters is 2. The second kappa shape index (κ2) is 28.4. The van der Waals surface area contributed by atoms with Crippen LogP contribution in [-0.2, 0) is 19.1 Å². The first-order chi connectivity index (χ1) is 18.8. The summed E-state index contributed by atoms with van der Waals surface area (Å²) >= 11 is 0. The first-order valence-electron chi connectivity index (χ1n) is 16.8. The molecule has 0 heterocycles. The highest BCUT2D eigenvalue weighted by atomic mass is 16.6. The highest BCUT2D eigenvalue weighted by molar-refractivity contribution is 5.70. The molecule has 0 aromatic carbocycles. The molecule has 0 bridgehead atoms. The molecule has 0 aromatic heterocycles. The largest absolute Gasteiger partial charge is 0.462 e. The predicted octanol–water partition coefficient (Wildman–Crippen LogP) is 9.72. The number of hydrogen-bond donors (Lipinski definition) is 1. The van der Waals surface area contributed by atoms with E-state index in [-0.39, 0.29) is 25.2 Å². The molecule has 0 aliphatic heterocycles.